The first-order chi connectivity index (χ1) is 11.8. The van der Waals surface area contributed by atoms with E-state index in [0.29, 0.717) is 23.7 Å². The number of thiocarbonyl (C=S) groups is 1. The predicted octanol–water partition coefficient (Wildman–Crippen LogP) is 3.42. The summed E-state index contributed by atoms with van der Waals surface area (Å²) in [7, 11) is 0. The van der Waals surface area contributed by atoms with Crippen LogP contribution in [0.5, 0.6) is 17.2 Å². The van der Waals surface area contributed by atoms with Gasteiger partial charge in [0.1, 0.15) is 0 Å². The largest absolute Gasteiger partial charge is 0.504 e. The summed E-state index contributed by atoms with van der Waals surface area (Å²) < 4.78 is 6.26. The molecule has 2 aliphatic heterocycles. The highest BCUT2D eigenvalue weighted by molar-refractivity contribution is 7.80. The number of fused-ring (bicyclic) bond motifs is 1. The molecule has 4 N–H and O–H groups in total. The first-order valence-corrected chi connectivity index (χ1v) is 9.45. The van der Waals surface area contributed by atoms with Crippen LogP contribution >= 0.6 is 23.6 Å². The van der Waals surface area contributed by atoms with Crippen molar-refractivity contribution in [1.82, 2.24) is 10.6 Å². The van der Waals surface area contributed by atoms with Crippen molar-refractivity contribution in [1.29, 1.82) is 0 Å². The second-order valence-electron chi connectivity index (χ2n) is 7.36. The Labute approximate surface area is 155 Å². The van der Waals surface area contributed by atoms with Crippen LogP contribution < -0.4 is 15.4 Å². The van der Waals surface area contributed by atoms with Gasteiger partial charge >= 0.3 is 0 Å². The average Bonchev–Trinajstić information content (AvgIpc) is 3.02. The van der Waals surface area contributed by atoms with Crippen molar-refractivity contribution in [3.63, 3.8) is 0 Å². The molecule has 7 heteroatoms. The van der Waals surface area contributed by atoms with Crippen LogP contribution in [0.2, 0.25) is 0 Å². The van der Waals surface area contributed by atoms with Crippen LogP contribution in [0.15, 0.2) is 29.6 Å². The van der Waals surface area contributed by atoms with Gasteiger partial charge in [0.2, 0.25) is 5.75 Å². The SMILES string of the molecule is CC1(C)C[C@@]2(C[C@@H](c3cccs3)c3ccc(O)c(O)c3O2)NC(=S)N1. The third-order valence-corrected chi connectivity index (χ3v) is 5.94. The molecule has 0 unspecified atom stereocenters. The average molecular weight is 377 g/mol. The molecule has 0 aliphatic carbocycles. The Morgan fingerprint density at radius 2 is 2.04 bits per heavy atom. The fraction of sp³-hybridized carbons (Fsp3) is 0.389. The normalized spacial score (nSPS) is 27.1. The van der Waals surface area contributed by atoms with Crippen LogP contribution in [-0.2, 0) is 0 Å². The maximum atomic E-state index is 10.4. The number of rotatable bonds is 1. The Hall–Kier alpha value is -1.99. The molecular formula is C18H20N2O3S2. The molecule has 0 amide bonds. The summed E-state index contributed by atoms with van der Waals surface area (Å²) >= 11 is 7.07. The summed E-state index contributed by atoms with van der Waals surface area (Å²) in [5.74, 6) is -0.0178. The minimum atomic E-state index is -0.737. The van der Waals surface area contributed by atoms with Crippen molar-refractivity contribution < 1.29 is 14.9 Å². The van der Waals surface area contributed by atoms with E-state index in [9.17, 15) is 10.2 Å². The van der Waals surface area contributed by atoms with Gasteiger partial charge in [-0.1, -0.05) is 12.1 Å². The number of phenols is 2. The molecule has 1 fully saturated rings. The molecule has 3 heterocycles. The minimum Gasteiger partial charge on any atom is -0.504 e. The van der Waals surface area contributed by atoms with Crippen molar-refractivity contribution in [2.75, 3.05) is 0 Å². The lowest BCUT2D eigenvalue weighted by Gasteiger charge is -2.50. The number of benzene rings is 1. The summed E-state index contributed by atoms with van der Waals surface area (Å²) in [4.78, 5) is 1.19. The van der Waals surface area contributed by atoms with Crippen LogP contribution in [0.4, 0.5) is 0 Å². The van der Waals surface area contributed by atoms with Crippen molar-refractivity contribution in [3.8, 4) is 17.2 Å². The summed E-state index contributed by atoms with van der Waals surface area (Å²) in [6.45, 7) is 4.15. The highest BCUT2D eigenvalue weighted by Crippen LogP contribution is 2.52. The topological polar surface area (TPSA) is 73.8 Å². The van der Waals surface area contributed by atoms with E-state index in [2.05, 4.69) is 30.5 Å². The Bertz CT molecular complexity index is 835. The molecule has 25 heavy (non-hydrogen) atoms. The van der Waals surface area contributed by atoms with Gasteiger partial charge in [0.15, 0.2) is 22.3 Å². The number of hydrogen-bond acceptors (Lipinski definition) is 5. The minimum absolute atomic E-state index is 0.0550. The predicted molar refractivity (Wildman–Crippen MR) is 101 cm³/mol. The van der Waals surface area contributed by atoms with E-state index in [1.807, 2.05) is 17.5 Å². The maximum Gasteiger partial charge on any atom is 0.200 e. The van der Waals surface area contributed by atoms with Gasteiger partial charge in [-0.05, 0) is 43.6 Å². The molecule has 2 aromatic rings. The van der Waals surface area contributed by atoms with Crippen LogP contribution in [0.25, 0.3) is 0 Å². The van der Waals surface area contributed by atoms with Gasteiger partial charge in [0.05, 0.1) is 0 Å². The zero-order valence-corrected chi connectivity index (χ0v) is 15.6. The number of nitrogens with one attached hydrogen (secondary N) is 2. The molecule has 2 atom stereocenters. The summed E-state index contributed by atoms with van der Waals surface area (Å²) in [6.07, 6.45) is 1.35. The molecule has 2 aliphatic rings. The smallest absolute Gasteiger partial charge is 0.200 e. The van der Waals surface area contributed by atoms with Gasteiger partial charge in [0.25, 0.3) is 0 Å². The molecule has 132 valence electrons. The molecule has 0 bridgehead atoms. The Morgan fingerprint density at radius 3 is 2.72 bits per heavy atom. The van der Waals surface area contributed by atoms with E-state index in [-0.39, 0.29) is 23.0 Å². The number of aromatic hydroxyl groups is 2. The van der Waals surface area contributed by atoms with Crippen molar-refractivity contribution in [2.24, 2.45) is 0 Å². The van der Waals surface area contributed by atoms with Gasteiger partial charge in [-0.25, -0.2) is 0 Å². The highest BCUT2D eigenvalue weighted by atomic mass is 32.1. The zero-order chi connectivity index (χ0) is 17.8. The van der Waals surface area contributed by atoms with Gasteiger partial charge in [0, 0.05) is 34.7 Å². The van der Waals surface area contributed by atoms with Gasteiger partial charge in [-0.15, -0.1) is 11.3 Å². The molecule has 4 rings (SSSR count). The Morgan fingerprint density at radius 1 is 1.24 bits per heavy atom. The monoisotopic (exact) mass is 376 g/mol. The number of hydrogen-bond donors (Lipinski definition) is 4. The van der Waals surface area contributed by atoms with Crippen LogP contribution in [-0.4, -0.2) is 26.6 Å². The quantitative estimate of drug-likeness (QED) is 0.452. The molecular weight excluding hydrogens is 356 g/mol. The van der Waals surface area contributed by atoms with Crippen LogP contribution in [0, 0.1) is 0 Å². The molecule has 1 aromatic carbocycles. The van der Waals surface area contributed by atoms with Crippen molar-refractivity contribution in [3.05, 3.63) is 40.1 Å². The fourth-order valence-electron chi connectivity index (χ4n) is 3.91. The standard InChI is InChI=1S/C18H20N2O3S2/c1-17(2)9-18(20-16(24)19-17)8-11(13-4-3-7-25-13)10-5-6-12(21)14(22)15(10)23-18/h3-7,11,21-22H,8-9H2,1-2H3,(H2,19,20,24)/t11-,18+/m1/s1. The lowest BCUT2D eigenvalue weighted by molar-refractivity contribution is -0.0147. The Balaban J connectivity index is 1.85. The van der Waals surface area contributed by atoms with Gasteiger partial charge < -0.3 is 25.6 Å². The van der Waals surface area contributed by atoms with Gasteiger partial charge in [-0.2, -0.15) is 0 Å². The van der Waals surface area contributed by atoms with E-state index >= 15 is 0 Å². The first kappa shape index (κ1) is 16.5. The first-order valence-electron chi connectivity index (χ1n) is 8.16. The van der Waals surface area contributed by atoms with Crippen LogP contribution in [0.3, 0.4) is 0 Å². The van der Waals surface area contributed by atoms with Crippen molar-refractivity contribution >= 4 is 28.7 Å². The zero-order valence-electron chi connectivity index (χ0n) is 14.0. The molecule has 5 nitrogen and oxygen atoms in total. The van der Waals surface area contributed by atoms with Crippen molar-refractivity contribution in [2.45, 2.75) is 43.9 Å². The molecule has 1 spiro atoms. The number of phenolic OH excluding ortho intramolecular Hbond substituents is 2. The number of ether oxygens (including phenoxy) is 1. The van der Waals surface area contributed by atoms with Crippen LogP contribution in [0.1, 0.15) is 43.0 Å². The lowest BCUT2D eigenvalue weighted by atomic mass is 9.79. The van der Waals surface area contributed by atoms with Gasteiger partial charge in [-0.3, -0.25) is 0 Å². The molecule has 0 radical (unpaired) electrons. The summed E-state index contributed by atoms with van der Waals surface area (Å²) in [5.41, 5.74) is -0.0992. The molecule has 1 aromatic heterocycles. The summed E-state index contributed by atoms with van der Waals surface area (Å²) in [5, 5.41) is 29.5. The lowest BCUT2D eigenvalue weighted by Crippen LogP contribution is -2.69. The second kappa shape index (κ2) is 5.51. The third-order valence-electron chi connectivity index (χ3n) is 4.75. The number of thiophene rings is 1. The van der Waals surface area contributed by atoms with E-state index in [4.69, 9.17) is 17.0 Å². The molecule has 0 saturated carbocycles. The van der Waals surface area contributed by atoms with E-state index in [1.165, 1.54) is 10.9 Å². The second-order valence-corrected chi connectivity index (χ2v) is 8.75. The van der Waals surface area contributed by atoms with E-state index in [1.54, 1.807) is 11.3 Å². The fourth-order valence-corrected chi connectivity index (χ4v) is 5.22. The summed E-state index contributed by atoms with van der Waals surface area (Å²) in [6, 6.07) is 7.45. The van der Waals surface area contributed by atoms with E-state index < -0.39 is 5.72 Å². The van der Waals surface area contributed by atoms with E-state index in [0.717, 1.165) is 5.56 Å². The third kappa shape index (κ3) is 2.81. The Kier molecular flexibility index (Phi) is 3.63. The molecule has 1 saturated heterocycles. The highest BCUT2D eigenvalue weighted by Gasteiger charge is 2.49. The maximum absolute atomic E-state index is 10.4.